The van der Waals surface area contributed by atoms with Crippen molar-refractivity contribution < 1.29 is 4.39 Å². The van der Waals surface area contributed by atoms with Crippen LogP contribution in [-0.2, 0) is 6.42 Å². The van der Waals surface area contributed by atoms with Gasteiger partial charge < -0.3 is 10.6 Å². The van der Waals surface area contributed by atoms with E-state index in [1.165, 1.54) is 12.1 Å². The highest BCUT2D eigenvalue weighted by molar-refractivity contribution is 5.59. The van der Waals surface area contributed by atoms with E-state index < -0.39 is 0 Å². The number of hydrogen-bond acceptors (Lipinski definition) is 3. The molecular weight excluding hydrogens is 253 g/mol. The van der Waals surface area contributed by atoms with Crippen LogP contribution in [0.2, 0.25) is 0 Å². The van der Waals surface area contributed by atoms with Crippen molar-refractivity contribution in [2.75, 3.05) is 11.4 Å². The van der Waals surface area contributed by atoms with Crippen molar-refractivity contribution in [3.05, 3.63) is 54.0 Å². The number of aromatic nitrogens is 1. The van der Waals surface area contributed by atoms with Crippen LogP contribution in [0.15, 0.2) is 42.6 Å². The van der Waals surface area contributed by atoms with Gasteiger partial charge in [-0.05, 0) is 56.2 Å². The minimum Gasteiger partial charge on any atom is -0.328 e. The zero-order valence-corrected chi connectivity index (χ0v) is 11.9. The molecule has 1 atom stereocenters. The predicted molar refractivity (Wildman–Crippen MR) is 80.7 cm³/mol. The van der Waals surface area contributed by atoms with Crippen LogP contribution in [0.1, 0.15) is 19.4 Å². The molecule has 0 saturated carbocycles. The first-order chi connectivity index (χ1) is 9.60. The molecule has 0 aliphatic heterocycles. The molecule has 0 radical (unpaired) electrons. The van der Waals surface area contributed by atoms with Crippen LogP contribution in [0.3, 0.4) is 0 Å². The van der Waals surface area contributed by atoms with E-state index in [0.717, 1.165) is 30.0 Å². The number of pyridine rings is 1. The zero-order chi connectivity index (χ0) is 14.5. The summed E-state index contributed by atoms with van der Waals surface area (Å²) in [6.07, 6.45) is 2.67. The highest BCUT2D eigenvalue weighted by atomic mass is 19.1. The maximum absolute atomic E-state index is 13.0. The third-order valence-electron chi connectivity index (χ3n) is 3.10. The fourth-order valence-electron chi connectivity index (χ4n) is 2.17. The summed E-state index contributed by atoms with van der Waals surface area (Å²) in [6, 6.07) is 10.6. The van der Waals surface area contributed by atoms with Gasteiger partial charge in [0.1, 0.15) is 11.6 Å². The molecule has 1 unspecified atom stereocenters. The van der Waals surface area contributed by atoms with Gasteiger partial charge in [-0.3, -0.25) is 0 Å². The molecule has 0 amide bonds. The zero-order valence-electron chi connectivity index (χ0n) is 11.9. The molecule has 1 heterocycles. The molecule has 106 valence electrons. The Kier molecular flexibility index (Phi) is 4.69. The molecule has 2 rings (SSSR count). The predicted octanol–water partition coefficient (Wildman–Crippen LogP) is 3.27. The Balaban J connectivity index is 2.21. The summed E-state index contributed by atoms with van der Waals surface area (Å²) in [5.41, 5.74) is 7.84. The molecule has 0 bridgehead atoms. The number of nitrogens with two attached hydrogens (primary N) is 1. The minimum atomic E-state index is -0.231. The average molecular weight is 273 g/mol. The number of nitrogens with zero attached hydrogens (tertiary/aromatic N) is 2. The van der Waals surface area contributed by atoms with E-state index in [0.29, 0.717) is 0 Å². The summed E-state index contributed by atoms with van der Waals surface area (Å²) in [4.78, 5) is 6.52. The van der Waals surface area contributed by atoms with Gasteiger partial charge in [0, 0.05) is 24.5 Å². The second kappa shape index (κ2) is 6.48. The van der Waals surface area contributed by atoms with Gasteiger partial charge in [-0.25, -0.2) is 9.37 Å². The fraction of sp³-hybridized carbons (Fsp3) is 0.312. The molecule has 0 fully saturated rings. The first-order valence-electron chi connectivity index (χ1n) is 6.83. The number of anilines is 2. The molecule has 3 nitrogen and oxygen atoms in total. The number of halogens is 1. The van der Waals surface area contributed by atoms with E-state index in [2.05, 4.69) is 4.98 Å². The van der Waals surface area contributed by atoms with Crippen molar-refractivity contribution >= 4 is 11.5 Å². The molecule has 0 aliphatic rings. The lowest BCUT2D eigenvalue weighted by atomic mass is 10.1. The van der Waals surface area contributed by atoms with Crippen molar-refractivity contribution in [2.24, 2.45) is 5.73 Å². The van der Waals surface area contributed by atoms with E-state index in [1.807, 2.05) is 37.1 Å². The van der Waals surface area contributed by atoms with Gasteiger partial charge in [0.15, 0.2) is 0 Å². The number of rotatable bonds is 5. The highest BCUT2D eigenvalue weighted by Gasteiger charge is 2.09. The topological polar surface area (TPSA) is 42.1 Å². The van der Waals surface area contributed by atoms with Gasteiger partial charge in [-0.2, -0.15) is 0 Å². The highest BCUT2D eigenvalue weighted by Crippen LogP contribution is 2.23. The van der Waals surface area contributed by atoms with Crippen molar-refractivity contribution in [1.82, 2.24) is 4.98 Å². The monoisotopic (exact) mass is 273 g/mol. The van der Waals surface area contributed by atoms with Gasteiger partial charge in [0.25, 0.3) is 0 Å². The fourth-order valence-corrected chi connectivity index (χ4v) is 2.17. The Morgan fingerprint density at radius 2 is 1.90 bits per heavy atom. The lowest BCUT2D eigenvalue weighted by Crippen LogP contribution is -2.19. The van der Waals surface area contributed by atoms with Crippen LogP contribution in [0.5, 0.6) is 0 Å². The molecule has 0 aliphatic carbocycles. The standard InChI is InChI=1S/C16H20FN3/c1-3-20(15-7-5-14(17)6-8-15)16-9-4-13(11-19-16)10-12(2)18/h4-9,11-12H,3,10,18H2,1-2H3. The molecule has 2 aromatic rings. The normalized spacial score (nSPS) is 12.2. The van der Waals surface area contributed by atoms with Crippen LogP contribution < -0.4 is 10.6 Å². The molecular formula is C16H20FN3. The average Bonchev–Trinajstić information content (AvgIpc) is 2.43. The summed E-state index contributed by atoms with van der Waals surface area (Å²) < 4.78 is 13.0. The van der Waals surface area contributed by atoms with Crippen LogP contribution in [0.4, 0.5) is 15.9 Å². The van der Waals surface area contributed by atoms with Gasteiger partial charge in [-0.1, -0.05) is 6.07 Å². The van der Waals surface area contributed by atoms with Gasteiger partial charge >= 0.3 is 0 Å². The lowest BCUT2D eigenvalue weighted by molar-refractivity contribution is 0.628. The molecule has 0 spiro atoms. The largest absolute Gasteiger partial charge is 0.328 e. The maximum atomic E-state index is 13.0. The Bertz CT molecular complexity index is 535. The molecule has 0 saturated heterocycles. The van der Waals surface area contributed by atoms with Crippen LogP contribution in [0, 0.1) is 5.82 Å². The van der Waals surface area contributed by atoms with Gasteiger partial charge in [0.2, 0.25) is 0 Å². The summed E-state index contributed by atoms with van der Waals surface area (Å²) in [5, 5.41) is 0. The Hall–Kier alpha value is -1.94. The molecule has 4 heteroatoms. The quantitative estimate of drug-likeness (QED) is 0.909. The summed E-state index contributed by atoms with van der Waals surface area (Å²) in [6.45, 7) is 4.79. The Morgan fingerprint density at radius 3 is 2.40 bits per heavy atom. The molecule has 20 heavy (non-hydrogen) atoms. The van der Waals surface area contributed by atoms with Crippen molar-refractivity contribution in [1.29, 1.82) is 0 Å². The second-order valence-electron chi connectivity index (χ2n) is 4.93. The Morgan fingerprint density at radius 1 is 1.20 bits per heavy atom. The SMILES string of the molecule is CCN(c1ccc(F)cc1)c1ccc(CC(C)N)cn1. The smallest absolute Gasteiger partial charge is 0.132 e. The van der Waals surface area contributed by atoms with Crippen molar-refractivity contribution in [3.8, 4) is 0 Å². The van der Waals surface area contributed by atoms with E-state index in [4.69, 9.17) is 5.73 Å². The van der Waals surface area contributed by atoms with E-state index in [1.54, 1.807) is 12.1 Å². The van der Waals surface area contributed by atoms with E-state index in [9.17, 15) is 4.39 Å². The van der Waals surface area contributed by atoms with Crippen molar-refractivity contribution in [3.63, 3.8) is 0 Å². The first kappa shape index (κ1) is 14.5. The summed E-state index contributed by atoms with van der Waals surface area (Å²) in [5.74, 6) is 0.623. The van der Waals surface area contributed by atoms with Crippen LogP contribution in [-0.4, -0.2) is 17.6 Å². The first-order valence-corrected chi connectivity index (χ1v) is 6.83. The van der Waals surface area contributed by atoms with E-state index in [-0.39, 0.29) is 11.9 Å². The molecule has 2 N–H and O–H groups in total. The Labute approximate surface area is 119 Å². The molecule has 1 aromatic heterocycles. The summed E-state index contributed by atoms with van der Waals surface area (Å²) >= 11 is 0. The van der Waals surface area contributed by atoms with Gasteiger partial charge in [0.05, 0.1) is 0 Å². The van der Waals surface area contributed by atoms with Crippen molar-refractivity contribution in [2.45, 2.75) is 26.3 Å². The van der Waals surface area contributed by atoms with Crippen LogP contribution >= 0.6 is 0 Å². The lowest BCUT2D eigenvalue weighted by Gasteiger charge is -2.22. The molecule has 1 aromatic carbocycles. The number of hydrogen-bond donors (Lipinski definition) is 1. The van der Waals surface area contributed by atoms with E-state index >= 15 is 0 Å². The number of benzene rings is 1. The summed E-state index contributed by atoms with van der Waals surface area (Å²) in [7, 11) is 0. The third-order valence-corrected chi connectivity index (χ3v) is 3.10. The third kappa shape index (κ3) is 3.54. The van der Waals surface area contributed by atoms with Crippen LogP contribution in [0.25, 0.3) is 0 Å². The second-order valence-corrected chi connectivity index (χ2v) is 4.93. The minimum absolute atomic E-state index is 0.127. The van der Waals surface area contributed by atoms with Gasteiger partial charge in [-0.15, -0.1) is 0 Å². The maximum Gasteiger partial charge on any atom is 0.132 e.